The first-order valence-corrected chi connectivity index (χ1v) is 5.98. The monoisotopic (exact) mass is 231 g/mol. The van der Waals surface area contributed by atoms with Crippen LogP contribution in [0.15, 0.2) is 24.5 Å². The number of H-pyrrole nitrogens is 1. The van der Waals surface area contributed by atoms with Crippen LogP contribution in [0, 0.1) is 0 Å². The average Bonchev–Trinajstić information content (AvgIpc) is 2.81. The largest absolute Gasteiger partial charge is 0.352 e. The molecule has 0 atom stereocenters. The van der Waals surface area contributed by atoms with Crippen LogP contribution in [0.2, 0.25) is 0 Å². The number of amides is 1. The molecule has 0 radical (unpaired) electrons. The number of carbonyl (C=O) groups is 1. The number of fused-ring (bicyclic) bond motifs is 1. The Kier molecular flexibility index (Phi) is 3.75. The predicted molar refractivity (Wildman–Crippen MR) is 67.5 cm³/mol. The van der Waals surface area contributed by atoms with Crippen LogP contribution in [0.1, 0.15) is 31.7 Å². The number of nitrogens with zero attached hydrogens (tertiary/aromatic N) is 1. The first-order valence-electron chi connectivity index (χ1n) is 5.98. The van der Waals surface area contributed by atoms with Crippen LogP contribution in [-0.4, -0.2) is 15.9 Å². The van der Waals surface area contributed by atoms with E-state index >= 15 is 0 Å². The highest BCUT2D eigenvalue weighted by atomic mass is 16.1. The number of imidazole rings is 1. The molecule has 0 aliphatic carbocycles. The third-order valence-corrected chi connectivity index (χ3v) is 2.73. The molecule has 1 heterocycles. The summed E-state index contributed by atoms with van der Waals surface area (Å²) in [5.41, 5.74) is 3.04. The summed E-state index contributed by atoms with van der Waals surface area (Å²) in [6.07, 6.45) is 4.29. The van der Waals surface area contributed by atoms with Gasteiger partial charge in [0.1, 0.15) is 0 Å². The van der Waals surface area contributed by atoms with Crippen LogP contribution in [0.5, 0.6) is 0 Å². The van der Waals surface area contributed by atoms with Crippen LogP contribution in [-0.2, 0) is 11.3 Å². The maximum atomic E-state index is 11.5. The van der Waals surface area contributed by atoms with E-state index in [9.17, 15) is 4.79 Å². The molecule has 1 aromatic carbocycles. The number of aromatic amines is 1. The van der Waals surface area contributed by atoms with E-state index < -0.39 is 0 Å². The topological polar surface area (TPSA) is 57.8 Å². The number of benzene rings is 1. The normalized spacial score (nSPS) is 10.6. The van der Waals surface area contributed by atoms with Crippen LogP contribution >= 0.6 is 0 Å². The van der Waals surface area contributed by atoms with Gasteiger partial charge in [-0.05, 0) is 24.1 Å². The summed E-state index contributed by atoms with van der Waals surface area (Å²) in [4.78, 5) is 18.7. The van der Waals surface area contributed by atoms with E-state index in [1.165, 1.54) is 0 Å². The van der Waals surface area contributed by atoms with E-state index in [2.05, 4.69) is 22.2 Å². The second kappa shape index (κ2) is 5.48. The van der Waals surface area contributed by atoms with Crippen molar-refractivity contribution in [1.82, 2.24) is 15.3 Å². The summed E-state index contributed by atoms with van der Waals surface area (Å²) in [5, 5.41) is 2.92. The van der Waals surface area contributed by atoms with Crippen molar-refractivity contribution < 1.29 is 4.79 Å². The summed E-state index contributed by atoms with van der Waals surface area (Å²) in [6.45, 7) is 2.66. The molecule has 2 rings (SSSR count). The van der Waals surface area contributed by atoms with Gasteiger partial charge < -0.3 is 10.3 Å². The molecule has 2 aromatic rings. The third kappa shape index (κ3) is 3.06. The SMILES string of the molecule is CCCCC(=O)NCc1ccc2nc[nH]c2c1. The van der Waals surface area contributed by atoms with Gasteiger partial charge in [0.2, 0.25) is 5.91 Å². The molecule has 1 aromatic heterocycles. The summed E-state index contributed by atoms with van der Waals surface area (Å²) in [7, 11) is 0. The minimum Gasteiger partial charge on any atom is -0.352 e. The van der Waals surface area contributed by atoms with Crippen molar-refractivity contribution in [2.45, 2.75) is 32.7 Å². The van der Waals surface area contributed by atoms with Crippen molar-refractivity contribution in [3.8, 4) is 0 Å². The summed E-state index contributed by atoms with van der Waals surface area (Å²) < 4.78 is 0. The van der Waals surface area contributed by atoms with Gasteiger partial charge in [-0.15, -0.1) is 0 Å². The molecule has 4 heteroatoms. The summed E-state index contributed by atoms with van der Waals surface area (Å²) in [5.74, 6) is 0.122. The smallest absolute Gasteiger partial charge is 0.220 e. The number of rotatable bonds is 5. The zero-order chi connectivity index (χ0) is 12.1. The fourth-order valence-corrected chi connectivity index (χ4v) is 1.72. The van der Waals surface area contributed by atoms with Crippen molar-refractivity contribution in [2.24, 2.45) is 0 Å². The van der Waals surface area contributed by atoms with Crippen molar-refractivity contribution in [3.63, 3.8) is 0 Å². The lowest BCUT2D eigenvalue weighted by molar-refractivity contribution is -0.121. The Morgan fingerprint density at radius 2 is 2.35 bits per heavy atom. The molecule has 0 bridgehead atoms. The number of hydrogen-bond donors (Lipinski definition) is 2. The molecule has 0 aliphatic rings. The second-order valence-corrected chi connectivity index (χ2v) is 4.13. The van der Waals surface area contributed by atoms with Gasteiger partial charge in [-0.2, -0.15) is 0 Å². The van der Waals surface area contributed by atoms with E-state index in [0.29, 0.717) is 13.0 Å². The molecule has 0 saturated carbocycles. The summed E-state index contributed by atoms with van der Waals surface area (Å²) >= 11 is 0. The number of hydrogen-bond acceptors (Lipinski definition) is 2. The Bertz CT molecular complexity index is 504. The number of unbranched alkanes of at least 4 members (excludes halogenated alkanes) is 1. The maximum absolute atomic E-state index is 11.5. The molecule has 0 saturated heterocycles. The van der Waals surface area contributed by atoms with Crippen LogP contribution in [0.3, 0.4) is 0 Å². The van der Waals surface area contributed by atoms with Crippen molar-refractivity contribution in [3.05, 3.63) is 30.1 Å². The first-order chi connectivity index (χ1) is 8.29. The highest BCUT2D eigenvalue weighted by Crippen LogP contribution is 2.11. The van der Waals surface area contributed by atoms with E-state index in [4.69, 9.17) is 0 Å². The van der Waals surface area contributed by atoms with Gasteiger partial charge in [-0.25, -0.2) is 4.98 Å². The van der Waals surface area contributed by atoms with E-state index in [1.807, 2.05) is 18.2 Å². The molecule has 0 fully saturated rings. The van der Waals surface area contributed by atoms with E-state index in [0.717, 1.165) is 29.4 Å². The molecule has 0 aliphatic heterocycles. The quantitative estimate of drug-likeness (QED) is 0.830. The van der Waals surface area contributed by atoms with Crippen molar-refractivity contribution in [1.29, 1.82) is 0 Å². The zero-order valence-electron chi connectivity index (χ0n) is 9.99. The molecular weight excluding hydrogens is 214 g/mol. The Labute approximate surface area is 100 Å². The average molecular weight is 231 g/mol. The molecule has 4 nitrogen and oxygen atoms in total. The van der Waals surface area contributed by atoms with Gasteiger partial charge in [0.25, 0.3) is 0 Å². The Balaban J connectivity index is 1.92. The van der Waals surface area contributed by atoms with E-state index in [-0.39, 0.29) is 5.91 Å². The van der Waals surface area contributed by atoms with Gasteiger partial charge in [0, 0.05) is 13.0 Å². The minimum atomic E-state index is 0.122. The lowest BCUT2D eigenvalue weighted by Crippen LogP contribution is -2.22. The molecular formula is C13H17N3O. The fraction of sp³-hybridized carbons (Fsp3) is 0.385. The Morgan fingerprint density at radius 3 is 3.18 bits per heavy atom. The highest BCUT2D eigenvalue weighted by Gasteiger charge is 2.02. The van der Waals surface area contributed by atoms with Crippen LogP contribution in [0.4, 0.5) is 0 Å². The zero-order valence-corrected chi connectivity index (χ0v) is 9.99. The minimum absolute atomic E-state index is 0.122. The van der Waals surface area contributed by atoms with E-state index in [1.54, 1.807) is 6.33 Å². The molecule has 1 amide bonds. The molecule has 0 spiro atoms. The molecule has 2 N–H and O–H groups in total. The van der Waals surface area contributed by atoms with Gasteiger partial charge in [0.15, 0.2) is 0 Å². The number of nitrogens with one attached hydrogen (secondary N) is 2. The third-order valence-electron chi connectivity index (χ3n) is 2.73. The van der Waals surface area contributed by atoms with Crippen LogP contribution < -0.4 is 5.32 Å². The van der Waals surface area contributed by atoms with Gasteiger partial charge in [-0.1, -0.05) is 19.4 Å². The lowest BCUT2D eigenvalue weighted by atomic mass is 10.2. The Hall–Kier alpha value is -1.84. The molecule has 17 heavy (non-hydrogen) atoms. The van der Waals surface area contributed by atoms with Gasteiger partial charge in [0.05, 0.1) is 17.4 Å². The molecule has 90 valence electrons. The first kappa shape index (κ1) is 11.6. The standard InChI is InChI=1S/C13H17N3O/c1-2-3-4-13(17)14-8-10-5-6-11-12(7-10)16-9-15-11/h5-7,9H,2-4,8H2,1H3,(H,14,17)(H,15,16). The fourth-order valence-electron chi connectivity index (χ4n) is 1.72. The Morgan fingerprint density at radius 1 is 1.47 bits per heavy atom. The van der Waals surface area contributed by atoms with Crippen molar-refractivity contribution in [2.75, 3.05) is 0 Å². The number of aromatic nitrogens is 2. The number of carbonyl (C=O) groups excluding carboxylic acids is 1. The predicted octanol–water partition coefficient (Wildman–Crippen LogP) is 2.37. The second-order valence-electron chi connectivity index (χ2n) is 4.13. The van der Waals surface area contributed by atoms with Crippen molar-refractivity contribution >= 4 is 16.9 Å². The maximum Gasteiger partial charge on any atom is 0.220 e. The van der Waals surface area contributed by atoms with Gasteiger partial charge >= 0.3 is 0 Å². The van der Waals surface area contributed by atoms with Gasteiger partial charge in [-0.3, -0.25) is 4.79 Å². The van der Waals surface area contributed by atoms with Crippen LogP contribution in [0.25, 0.3) is 11.0 Å². The highest BCUT2D eigenvalue weighted by molar-refractivity contribution is 5.77. The summed E-state index contributed by atoms with van der Waals surface area (Å²) in [6, 6.07) is 5.96. The lowest BCUT2D eigenvalue weighted by Gasteiger charge is -2.04. The molecule has 0 unspecified atom stereocenters.